The average Bonchev–Trinajstić information content (AvgIpc) is 3.35. The molecule has 0 aromatic heterocycles. The van der Waals surface area contributed by atoms with Gasteiger partial charge >= 0.3 is 0 Å². The molecule has 1 aliphatic heterocycles. The molecule has 1 aromatic carbocycles. The Morgan fingerprint density at radius 1 is 1.43 bits per heavy atom. The topological polar surface area (TPSA) is 47.6 Å². The van der Waals surface area contributed by atoms with E-state index in [-0.39, 0.29) is 22.7 Å². The highest BCUT2D eigenvalue weighted by molar-refractivity contribution is 6.34. The average molecular weight is 342 g/mol. The number of ether oxygens (including phenoxy) is 2. The Labute approximate surface area is 140 Å². The number of carbonyl (C=O) groups excluding carboxylic acids is 1. The molecule has 0 unspecified atom stereocenters. The molecule has 2 atom stereocenters. The molecular weight excluding hydrogens is 321 g/mol. The van der Waals surface area contributed by atoms with Crippen molar-refractivity contribution in [2.75, 3.05) is 19.8 Å². The number of amides is 1. The van der Waals surface area contributed by atoms with Crippen molar-refractivity contribution in [1.82, 2.24) is 5.32 Å². The van der Waals surface area contributed by atoms with Crippen LogP contribution in [0.5, 0.6) is 0 Å². The summed E-state index contributed by atoms with van der Waals surface area (Å²) < 4.78 is 25.3. The van der Waals surface area contributed by atoms with E-state index in [9.17, 15) is 9.18 Å². The number of benzene rings is 1. The normalized spacial score (nSPS) is 24.5. The summed E-state index contributed by atoms with van der Waals surface area (Å²) in [5, 5.41) is 3.03. The van der Waals surface area contributed by atoms with Crippen LogP contribution in [-0.2, 0) is 9.47 Å². The zero-order chi connectivity index (χ0) is 16.4. The van der Waals surface area contributed by atoms with Gasteiger partial charge in [0.05, 0.1) is 23.2 Å². The largest absolute Gasteiger partial charge is 0.379 e. The van der Waals surface area contributed by atoms with Gasteiger partial charge < -0.3 is 14.8 Å². The fourth-order valence-electron chi connectivity index (χ4n) is 2.69. The summed E-state index contributed by atoms with van der Waals surface area (Å²) in [6.07, 6.45) is 2.86. The molecule has 126 valence electrons. The van der Waals surface area contributed by atoms with Gasteiger partial charge in [0, 0.05) is 13.2 Å². The van der Waals surface area contributed by atoms with Crippen LogP contribution in [-0.4, -0.2) is 37.9 Å². The van der Waals surface area contributed by atoms with E-state index in [1.165, 1.54) is 18.9 Å². The molecule has 1 N–H and O–H groups in total. The van der Waals surface area contributed by atoms with E-state index in [1.807, 2.05) is 0 Å². The van der Waals surface area contributed by atoms with Crippen molar-refractivity contribution in [3.63, 3.8) is 0 Å². The van der Waals surface area contributed by atoms with Crippen LogP contribution >= 0.6 is 11.6 Å². The SMILES string of the molecule is Cc1ccc(F)c(C(=O)N[C@H]2CCOC[C@@H]2OCC2CC2)c1Cl. The highest BCUT2D eigenvalue weighted by Crippen LogP contribution is 2.30. The zero-order valence-corrected chi connectivity index (χ0v) is 13.9. The minimum Gasteiger partial charge on any atom is -0.379 e. The van der Waals surface area contributed by atoms with Gasteiger partial charge in [0.1, 0.15) is 11.9 Å². The fourth-order valence-corrected chi connectivity index (χ4v) is 2.93. The second-order valence-corrected chi connectivity index (χ2v) is 6.69. The predicted octanol–water partition coefficient (Wildman–Crippen LogP) is 3.10. The van der Waals surface area contributed by atoms with Gasteiger partial charge in [-0.1, -0.05) is 17.7 Å². The van der Waals surface area contributed by atoms with Crippen molar-refractivity contribution >= 4 is 17.5 Å². The molecule has 23 heavy (non-hydrogen) atoms. The molecular formula is C17H21ClFNO3. The first kappa shape index (κ1) is 16.7. The molecule has 4 nitrogen and oxygen atoms in total. The first-order valence-electron chi connectivity index (χ1n) is 8.01. The van der Waals surface area contributed by atoms with Gasteiger partial charge in [-0.2, -0.15) is 0 Å². The number of halogens is 2. The molecule has 0 radical (unpaired) electrons. The molecule has 1 saturated carbocycles. The molecule has 3 rings (SSSR count). The Kier molecular flexibility index (Phi) is 5.19. The zero-order valence-electron chi connectivity index (χ0n) is 13.1. The molecule has 1 amide bonds. The summed E-state index contributed by atoms with van der Waals surface area (Å²) in [7, 11) is 0. The van der Waals surface area contributed by atoms with Crippen molar-refractivity contribution in [2.24, 2.45) is 5.92 Å². The second-order valence-electron chi connectivity index (χ2n) is 6.31. The van der Waals surface area contributed by atoms with Crippen LogP contribution < -0.4 is 5.32 Å². The Bertz CT molecular complexity index is 591. The number of carbonyl (C=O) groups is 1. The van der Waals surface area contributed by atoms with Crippen LogP contribution in [0.4, 0.5) is 4.39 Å². The van der Waals surface area contributed by atoms with Gasteiger partial charge in [-0.25, -0.2) is 4.39 Å². The molecule has 1 heterocycles. The Morgan fingerprint density at radius 2 is 2.22 bits per heavy atom. The quantitative estimate of drug-likeness (QED) is 0.895. The standard InChI is InChI=1S/C17H21ClFNO3/c1-10-2-5-12(19)15(16(10)18)17(21)20-13-6-7-22-9-14(13)23-8-11-3-4-11/h2,5,11,13-14H,3-4,6-9H2,1H3,(H,20,21)/t13-,14-/m0/s1. The molecule has 2 fully saturated rings. The van der Waals surface area contributed by atoms with E-state index in [0.29, 0.717) is 37.7 Å². The molecule has 0 spiro atoms. The van der Waals surface area contributed by atoms with Gasteiger partial charge in [0.25, 0.3) is 5.91 Å². The van der Waals surface area contributed by atoms with Crippen LogP contribution in [0.2, 0.25) is 5.02 Å². The molecule has 6 heteroatoms. The maximum absolute atomic E-state index is 14.0. The summed E-state index contributed by atoms with van der Waals surface area (Å²) in [6.45, 7) is 3.44. The van der Waals surface area contributed by atoms with E-state index in [0.717, 1.165) is 0 Å². The number of aryl methyl sites for hydroxylation is 1. The highest BCUT2D eigenvalue weighted by atomic mass is 35.5. The Morgan fingerprint density at radius 3 is 2.96 bits per heavy atom. The number of hydrogen-bond donors (Lipinski definition) is 1. The van der Waals surface area contributed by atoms with Crippen LogP contribution in [0.3, 0.4) is 0 Å². The summed E-state index contributed by atoms with van der Waals surface area (Å²) in [6, 6.07) is 2.64. The third-order valence-corrected chi connectivity index (χ3v) is 4.86. The summed E-state index contributed by atoms with van der Waals surface area (Å²) in [5.74, 6) is -0.472. The van der Waals surface area contributed by atoms with Crippen LogP contribution in [0.1, 0.15) is 35.2 Å². The summed E-state index contributed by atoms with van der Waals surface area (Å²) in [4.78, 5) is 12.5. The lowest BCUT2D eigenvalue weighted by Crippen LogP contribution is -2.50. The lowest BCUT2D eigenvalue weighted by molar-refractivity contribution is -0.0697. The van der Waals surface area contributed by atoms with E-state index in [1.54, 1.807) is 13.0 Å². The highest BCUT2D eigenvalue weighted by Gasteiger charge is 2.31. The lowest BCUT2D eigenvalue weighted by Gasteiger charge is -2.32. The maximum Gasteiger partial charge on any atom is 0.256 e. The second kappa shape index (κ2) is 7.16. The fraction of sp³-hybridized carbons (Fsp3) is 0.588. The molecule has 0 bridgehead atoms. The summed E-state index contributed by atoms with van der Waals surface area (Å²) in [5.41, 5.74) is 0.575. The van der Waals surface area contributed by atoms with Crippen molar-refractivity contribution < 1.29 is 18.7 Å². The van der Waals surface area contributed by atoms with Crippen molar-refractivity contribution in [1.29, 1.82) is 0 Å². The maximum atomic E-state index is 14.0. The molecule has 2 aliphatic rings. The van der Waals surface area contributed by atoms with Crippen molar-refractivity contribution in [3.05, 3.63) is 34.1 Å². The van der Waals surface area contributed by atoms with E-state index < -0.39 is 11.7 Å². The van der Waals surface area contributed by atoms with E-state index >= 15 is 0 Å². The smallest absolute Gasteiger partial charge is 0.256 e. The minimum atomic E-state index is -0.611. The van der Waals surface area contributed by atoms with E-state index in [2.05, 4.69) is 5.32 Å². The number of hydrogen-bond acceptors (Lipinski definition) is 3. The van der Waals surface area contributed by atoms with E-state index in [4.69, 9.17) is 21.1 Å². The summed E-state index contributed by atoms with van der Waals surface area (Å²) >= 11 is 6.10. The van der Waals surface area contributed by atoms with Crippen molar-refractivity contribution in [2.45, 2.75) is 38.3 Å². The van der Waals surface area contributed by atoms with Gasteiger partial charge in [-0.3, -0.25) is 4.79 Å². The van der Waals surface area contributed by atoms with Gasteiger partial charge in [-0.15, -0.1) is 0 Å². The minimum absolute atomic E-state index is 0.0981. The Balaban J connectivity index is 1.68. The monoisotopic (exact) mass is 341 g/mol. The van der Waals surface area contributed by atoms with Crippen LogP contribution in [0.25, 0.3) is 0 Å². The molecule has 1 aliphatic carbocycles. The molecule has 1 saturated heterocycles. The lowest BCUT2D eigenvalue weighted by atomic mass is 10.0. The first-order valence-corrected chi connectivity index (χ1v) is 8.39. The van der Waals surface area contributed by atoms with Gasteiger partial charge in [0.15, 0.2) is 0 Å². The van der Waals surface area contributed by atoms with Gasteiger partial charge in [-0.05, 0) is 43.7 Å². The first-order chi connectivity index (χ1) is 11.1. The number of nitrogens with one attached hydrogen (secondary N) is 1. The predicted molar refractivity (Wildman–Crippen MR) is 85.3 cm³/mol. The third kappa shape index (κ3) is 4.03. The third-order valence-electron chi connectivity index (χ3n) is 4.37. The molecule has 1 aromatic rings. The van der Waals surface area contributed by atoms with Gasteiger partial charge in [0.2, 0.25) is 0 Å². The van der Waals surface area contributed by atoms with Crippen LogP contribution in [0.15, 0.2) is 12.1 Å². The van der Waals surface area contributed by atoms with Crippen molar-refractivity contribution in [3.8, 4) is 0 Å². The Hall–Kier alpha value is -1.17. The number of rotatable bonds is 5. The van der Waals surface area contributed by atoms with Crippen LogP contribution in [0, 0.1) is 18.7 Å².